The average molecular weight is 280 g/mol. The number of carboxylic acid groups (broad SMARTS) is 1. The molecule has 0 spiro atoms. The Balaban J connectivity index is 2.37. The number of methoxy groups -OCH3 is 1. The van der Waals surface area contributed by atoms with Crippen LogP contribution in [0.4, 0.5) is 0 Å². The van der Waals surface area contributed by atoms with Gasteiger partial charge in [0.15, 0.2) is 0 Å². The first-order chi connectivity index (χ1) is 9.19. The van der Waals surface area contributed by atoms with Gasteiger partial charge in [0.25, 0.3) is 0 Å². The molecule has 19 heavy (non-hydrogen) atoms. The van der Waals surface area contributed by atoms with E-state index in [-0.39, 0.29) is 0 Å². The van der Waals surface area contributed by atoms with E-state index in [0.29, 0.717) is 18.1 Å². The van der Waals surface area contributed by atoms with E-state index in [2.05, 4.69) is 0 Å². The van der Waals surface area contributed by atoms with Crippen LogP contribution < -0.4 is 0 Å². The predicted octanol–water partition coefficient (Wildman–Crippen LogP) is 3.56. The highest BCUT2D eigenvalue weighted by Crippen LogP contribution is 2.46. The van der Waals surface area contributed by atoms with Gasteiger partial charge in [-0.2, -0.15) is 0 Å². The summed E-state index contributed by atoms with van der Waals surface area (Å²) < 4.78 is 5.09. The fraction of sp³-hybridized carbons (Fsp3) is 0.533. The van der Waals surface area contributed by atoms with Crippen molar-refractivity contribution >= 4 is 17.7 Å². The van der Waals surface area contributed by atoms with Crippen LogP contribution in [0.2, 0.25) is 0 Å². The summed E-state index contributed by atoms with van der Waals surface area (Å²) in [6.45, 7) is 2.72. The highest BCUT2D eigenvalue weighted by molar-refractivity contribution is 7.99. The van der Waals surface area contributed by atoms with Crippen LogP contribution in [0.1, 0.15) is 47.2 Å². The first-order valence-electron chi connectivity index (χ1n) is 6.69. The molecule has 0 saturated heterocycles. The molecule has 0 bridgehead atoms. The van der Waals surface area contributed by atoms with Crippen molar-refractivity contribution in [1.29, 1.82) is 0 Å². The number of aromatic carboxylic acids is 1. The summed E-state index contributed by atoms with van der Waals surface area (Å²) in [5.74, 6) is 0.678. The fourth-order valence-corrected chi connectivity index (χ4v) is 3.59. The minimum atomic E-state index is -0.826. The van der Waals surface area contributed by atoms with E-state index in [1.165, 1.54) is 23.3 Å². The van der Waals surface area contributed by atoms with E-state index in [1.54, 1.807) is 24.9 Å². The standard InChI is InChI=1S/C15H20O3S/c1-3-11-13(15(16)17)7-6-12(10-4-5-10)14(11)19-9-8-18-2/h6-7,10H,3-5,8-9H2,1-2H3,(H,16,17). The lowest BCUT2D eigenvalue weighted by atomic mass is 9.99. The molecule has 1 fully saturated rings. The van der Waals surface area contributed by atoms with Gasteiger partial charge >= 0.3 is 5.97 Å². The maximum atomic E-state index is 11.3. The van der Waals surface area contributed by atoms with Crippen LogP contribution >= 0.6 is 11.8 Å². The minimum Gasteiger partial charge on any atom is -0.478 e. The lowest BCUT2D eigenvalue weighted by Crippen LogP contribution is -2.06. The Morgan fingerprint density at radius 1 is 1.47 bits per heavy atom. The van der Waals surface area contributed by atoms with Crippen LogP contribution in [0.25, 0.3) is 0 Å². The van der Waals surface area contributed by atoms with Crippen molar-refractivity contribution in [2.75, 3.05) is 19.5 Å². The highest BCUT2D eigenvalue weighted by atomic mass is 32.2. The summed E-state index contributed by atoms with van der Waals surface area (Å²) in [4.78, 5) is 12.5. The maximum absolute atomic E-state index is 11.3. The number of carbonyl (C=O) groups is 1. The molecule has 3 nitrogen and oxygen atoms in total. The number of rotatable bonds is 7. The Hall–Kier alpha value is -1.00. The van der Waals surface area contributed by atoms with Gasteiger partial charge in [-0.1, -0.05) is 13.0 Å². The molecule has 1 N–H and O–H groups in total. The van der Waals surface area contributed by atoms with Crippen molar-refractivity contribution < 1.29 is 14.6 Å². The van der Waals surface area contributed by atoms with E-state index < -0.39 is 5.97 Å². The van der Waals surface area contributed by atoms with Gasteiger partial charge in [-0.15, -0.1) is 11.8 Å². The molecule has 0 aromatic heterocycles. The second-order valence-corrected chi connectivity index (χ2v) is 5.89. The van der Waals surface area contributed by atoms with Crippen LogP contribution in [-0.4, -0.2) is 30.5 Å². The van der Waals surface area contributed by atoms with E-state index in [4.69, 9.17) is 4.74 Å². The van der Waals surface area contributed by atoms with Crippen molar-refractivity contribution in [1.82, 2.24) is 0 Å². The molecule has 1 aliphatic rings. The molecule has 104 valence electrons. The van der Waals surface area contributed by atoms with Crippen molar-refractivity contribution in [3.63, 3.8) is 0 Å². The molecule has 0 atom stereocenters. The molecule has 0 unspecified atom stereocenters. The van der Waals surface area contributed by atoms with Gasteiger partial charge in [-0.25, -0.2) is 4.79 Å². The second-order valence-electron chi connectivity index (χ2n) is 4.78. The molecular formula is C15H20O3S. The summed E-state index contributed by atoms with van der Waals surface area (Å²) >= 11 is 1.73. The topological polar surface area (TPSA) is 46.5 Å². The zero-order valence-corrected chi connectivity index (χ0v) is 12.3. The van der Waals surface area contributed by atoms with Crippen LogP contribution in [0, 0.1) is 0 Å². The van der Waals surface area contributed by atoms with E-state index >= 15 is 0 Å². The molecule has 4 heteroatoms. The van der Waals surface area contributed by atoms with Gasteiger partial charge in [0.05, 0.1) is 12.2 Å². The number of hydrogen-bond donors (Lipinski definition) is 1. The summed E-state index contributed by atoms with van der Waals surface area (Å²) in [7, 11) is 1.69. The first kappa shape index (κ1) is 14.4. The normalized spacial score (nSPS) is 14.6. The van der Waals surface area contributed by atoms with Crippen LogP contribution in [0.5, 0.6) is 0 Å². The third-order valence-electron chi connectivity index (χ3n) is 3.43. The number of benzene rings is 1. The molecule has 0 heterocycles. The van der Waals surface area contributed by atoms with E-state index in [1.807, 2.05) is 13.0 Å². The van der Waals surface area contributed by atoms with Crippen LogP contribution in [0.3, 0.4) is 0 Å². The van der Waals surface area contributed by atoms with Gasteiger partial charge in [-0.3, -0.25) is 0 Å². The quantitative estimate of drug-likeness (QED) is 0.613. The number of ether oxygens (including phenoxy) is 1. The SMILES string of the molecule is CCc1c(C(=O)O)ccc(C2CC2)c1SCCOC. The zero-order valence-electron chi connectivity index (χ0n) is 11.4. The van der Waals surface area contributed by atoms with Gasteiger partial charge in [0.1, 0.15) is 0 Å². The molecule has 1 aliphatic carbocycles. The predicted molar refractivity (Wildman–Crippen MR) is 77.4 cm³/mol. The fourth-order valence-electron chi connectivity index (χ4n) is 2.31. The maximum Gasteiger partial charge on any atom is 0.336 e. The smallest absolute Gasteiger partial charge is 0.336 e. The number of hydrogen-bond acceptors (Lipinski definition) is 3. The molecule has 0 amide bonds. The Bertz CT molecular complexity index is 467. The molecular weight excluding hydrogens is 260 g/mol. The minimum absolute atomic E-state index is 0.451. The third kappa shape index (κ3) is 3.31. The monoisotopic (exact) mass is 280 g/mol. The van der Waals surface area contributed by atoms with Crippen molar-refractivity contribution in [3.8, 4) is 0 Å². The van der Waals surface area contributed by atoms with Gasteiger partial charge in [-0.05, 0) is 42.4 Å². The highest BCUT2D eigenvalue weighted by Gasteiger charge is 2.28. The van der Waals surface area contributed by atoms with Crippen LogP contribution in [-0.2, 0) is 11.2 Å². The lowest BCUT2D eigenvalue weighted by Gasteiger charge is -2.15. The van der Waals surface area contributed by atoms with Crippen molar-refractivity contribution in [2.45, 2.75) is 37.0 Å². The summed E-state index contributed by atoms with van der Waals surface area (Å²) in [5, 5.41) is 9.30. The molecule has 2 rings (SSSR count). The van der Waals surface area contributed by atoms with Crippen LogP contribution in [0.15, 0.2) is 17.0 Å². The van der Waals surface area contributed by atoms with Gasteiger partial charge < -0.3 is 9.84 Å². The van der Waals surface area contributed by atoms with Crippen molar-refractivity contribution in [3.05, 3.63) is 28.8 Å². The number of carboxylic acids is 1. The molecule has 1 aromatic rings. The van der Waals surface area contributed by atoms with Gasteiger partial charge in [0.2, 0.25) is 0 Å². The summed E-state index contributed by atoms with van der Waals surface area (Å²) in [6.07, 6.45) is 3.22. The second kappa shape index (κ2) is 6.44. The van der Waals surface area contributed by atoms with E-state index in [9.17, 15) is 9.90 Å². The first-order valence-corrected chi connectivity index (χ1v) is 7.68. The third-order valence-corrected chi connectivity index (χ3v) is 4.57. The average Bonchev–Trinajstić information content (AvgIpc) is 3.22. The zero-order chi connectivity index (χ0) is 13.8. The Kier molecular flexibility index (Phi) is 4.88. The Morgan fingerprint density at radius 2 is 2.21 bits per heavy atom. The Labute approximate surface area is 118 Å². The van der Waals surface area contributed by atoms with E-state index in [0.717, 1.165) is 17.7 Å². The molecule has 1 saturated carbocycles. The molecule has 0 aliphatic heterocycles. The summed E-state index contributed by atoms with van der Waals surface area (Å²) in [6, 6.07) is 3.78. The Morgan fingerprint density at radius 3 is 2.74 bits per heavy atom. The number of thioether (sulfide) groups is 1. The van der Waals surface area contributed by atoms with Gasteiger partial charge in [0, 0.05) is 17.8 Å². The molecule has 1 aromatic carbocycles. The largest absolute Gasteiger partial charge is 0.478 e. The lowest BCUT2D eigenvalue weighted by molar-refractivity contribution is 0.0695. The summed E-state index contributed by atoms with van der Waals surface area (Å²) in [5.41, 5.74) is 2.77. The molecule has 0 radical (unpaired) electrons. The van der Waals surface area contributed by atoms with Crippen molar-refractivity contribution in [2.24, 2.45) is 0 Å².